The lowest BCUT2D eigenvalue weighted by Gasteiger charge is -2.18. The largest absolute Gasteiger partial charge is 0.496 e. The smallest absolute Gasteiger partial charge is 0.128 e. The van der Waals surface area contributed by atoms with E-state index in [1.54, 1.807) is 7.11 Å². The molecule has 18 heavy (non-hydrogen) atoms. The molecule has 0 bridgehead atoms. The molecular weight excluding hydrogens is 246 g/mol. The van der Waals surface area contributed by atoms with E-state index >= 15 is 0 Å². The molecule has 0 aromatic carbocycles. The van der Waals surface area contributed by atoms with E-state index in [2.05, 4.69) is 9.88 Å². The molecule has 0 aliphatic carbocycles. The van der Waals surface area contributed by atoms with Crippen LogP contribution in [0.5, 0.6) is 5.75 Å². The third-order valence-electron chi connectivity index (χ3n) is 2.91. The van der Waals surface area contributed by atoms with Gasteiger partial charge in [-0.2, -0.15) is 0 Å². The molecule has 0 saturated carbocycles. The molecule has 0 aliphatic heterocycles. The normalized spacial score (nSPS) is 10.7. The van der Waals surface area contributed by atoms with Crippen molar-refractivity contribution in [2.24, 2.45) is 5.73 Å². The average molecular weight is 267 g/mol. The second-order valence-corrected chi connectivity index (χ2v) is 5.02. The van der Waals surface area contributed by atoms with Gasteiger partial charge in [0.25, 0.3) is 0 Å². The van der Waals surface area contributed by atoms with Crippen LogP contribution in [0.15, 0.2) is 6.20 Å². The van der Waals surface area contributed by atoms with Crippen LogP contribution in [0.2, 0.25) is 0 Å². The minimum Gasteiger partial charge on any atom is -0.496 e. The van der Waals surface area contributed by atoms with Crippen molar-refractivity contribution in [3.8, 4) is 5.75 Å². The Morgan fingerprint density at radius 2 is 2.17 bits per heavy atom. The fraction of sp³-hybridized carbons (Fsp3) is 0.538. The minimum atomic E-state index is 0.549. The van der Waals surface area contributed by atoms with Gasteiger partial charge in [0.05, 0.1) is 17.8 Å². The molecule has 4 nitrogen and oxygen atoms in total. The topological polar surface area (TPSA) is 51.4 Å². The summed E-state index contributed by atoms with van der Waals surface area (Å²) in [6.07, 6.45) is 2.58. The maximum Gasteiger partial charge on any atom is 0.128 e. The fourth-order valence-electron chi connectivity index (χ4n) is 1.87. The van der Waals surface area contributed by atoms with E-state index in [9.17, 15) is 0 Å². The van der Waals surface area contributed by atoms with Gasteiger partial charge in [0.1, 0.15) is 5.75 Å². The number of aromatic nitrogens is 1. The first-order valence-corrected chi connectivity index (χ1v) is 6.32. The van der Waals surface area contributed by atoms with Crippen molar-refractivity contribution in [3.05, 3.63) is 23.0 Å². The van der Waals surface area contributed by atoms with Crippen LogP contribution in [0, 0.1) is 13.8 Å². The van der Waals surface area contributed by atoms with E-state index in [1.807, 2.05) is 27.1 Å². The Morgan fingerprint density at radius 1 is 1.50 bits per heavy atom. The van der Waals surface area contributed by atoms with Crippen LogP contribution in [-0.4, -0.2) is 35.6 Å². The highest BCUT2D eigenvalue weighted by Crippen LogP contribution is 2.24. The summed E-state index contributed by atoms with van der Waals surface area (Å²) < 4.78 is 5.40. The maximum absolute atomic E-state index is 5.50. The zero-order chi connectivity index (χ0) is 13.7. The standard InChI is InChI=1S/C13H21N3OS/c1-9-7-15-11(10(2)13(9)17-4)8-16(3)6-5-12(14)18/h7H,5-6,8H2,1-4H3,(H2,14,18). The molecular formula is C13H21N3OS. The molecule has 0 spiro atoms. The van der Waals surface area contributed by atoms with Crippen molar-refractivity contribution in [1.29, 1.82) is 0 Å². The summed E-state index contributed by atoms with van der Waals surface area (Å²) in [4.78, 5) is 7.17. The predicted molar refractivity (Wildman–Crippen MR) is 78.0 cm³/mol. The van der Waals surface area contributed by atoms with E-state index in [0.29, 0.717) is 4.99 Å². The Morgan fingerprint density at radius 3 is 2.72 bits per heavy atom. The fourth-order valence-corrected chi connectivity index (χ4v) is 1.96. The Hall–Kier alpha value is -1.20. The van der Waals surface area contributed by atoms with Gasteiger partial charge < -0.3 is 15.4 Å². The zero-order valence-electron chi connectivity index (χ0n) is 11.5. The number of rotatable bonds is 6. The molecule has 0 saturated heterocycles. The molecule has 0 aliphatic rings. The minimum absolute atomic E-state index is 0.549. The van der Waals surface area contributed by atoms with Crippen LogP contribution in [0.1, 0.15) is 23.2 Å². The third kappa shape index (κ3) is 3.92. The number of nitrogens with two attached hydrogens (primary N) is 1. The van der Waals surface area contributed by atoms with E-state index < -0.39 is 0 Å². The number of aryl methyl sites for hydroxylation is 1. The van der Waals surface area contributed by atoms with Gasteiger partial charge in [-0.05, 0) is 20.9 Å². The number of nitrogens with zero attached hydrogens (tertiary/aromatic N) is 2. The Bertz CT molecular complexity index is 434. The molecule has 2 N–H and O–H groups in total. The second-order valence-electron chi connectivity index (χ2n) is 4.50. The highest BCUT2D eigenvalue weighted by Gasteiger charge is 2.11. The summed E-state index contributed by atoms with van der Waals surface area (Å²) in [5.74, 6) is 0.919. The molecule has 0 radical (unpaired) electrons. The van der Waals surface area contributed by atoms with Gasteiger partial charge in [0.2, 0.25) is 0 Å². The number of pyridine rings is 1. The molecule has 0 unspecified atom stereocenters. The maximum atomic E-state index is 5.50. The van der Waals surface area contributed by atoms with Gasteiger partial charge in [-0.1, -0.05) is 12.2 Å². The SMILES string of the molecule is COc1c(C)cnc(CN(C)CCC(N)=S)c1C. The van der Waals surface area contributed by atoms with Gasteiger partial charge in [-0.15, -0.1) is 0 Å². The van der Waals surface area contributed by atoms with Gasteiger partial charge in [0.15, 0.2) is 0 Å². The van der Waals surface area contributed by atoms with Crippen molar-refractivity contribution in [3.63, 3.8) is 0 Å². The van der Waals surface area contributed by atoms with Crippen molar-refractivity contribution in [1.82, 2.24) is 9.88 Å². The van der Waals surface area contributed by atoms with E-state index in [-0.39, 0.29) is 0 Å². The summed E-state index contributed by atoms with van der Waals surface area (Å²) in [7, 11) is 3.72. The molecule has 1 aromatic heterocycles. The first-order valence-electron chi connectivity index (χ1n) is 5.91. The lowest BCUT2D eigenvalue weighted by molar-refractivity contribution is 0.330. The molecule has 1 heterocycles. The molecule has 1 aromatic rings. The van der Waals surface area contributed by atoms with E-state index in [0.717, 1.165) is 42.1 Å². The van der Waals surface area contributed by atoms with E-state index in [4.69, 9.17) is 22.7 Å². The van der Waals surface area contributed by atoms with Crippen molar-refractivity contribution in [2.75, 3.05) is 20.7 Å². The van der Waals surface area contributed by atoms with E-state index in [1.165, 1.54) is 0 Å². The average Bonchev–Trinajstić information content (AvgIpc) is 2.31. The van der Waals surface area contributed by atoms with Crippen LogP contribution in [0.4, 0.5) is 0 Å². The van der Waals surface area contributed by atoms with Crippen LogP contribution in [0.25, 0.3) is 0 Å². The highest BCUT2D eigenvalue weighted by molar-refractivity contribution is 7.80. The predicted octanol–water partition coefficient (Wildman–Crippen LogP) is 1.82. The summed E-state index contributed by atoms with van der Waals surface area (Å²) in [6.45, 7) is 5.65. The molecule has 0 atom stereocenters. The Balaban J connectivity index is 2.75. The third-order valence-corrected chi connectivity index (χ3v) is 3.11. The number of hydrogen-bond donors (Lipinski definition) is 1. The number of ether oxygens (including phenoxy) is 1. The zero-order valence-corrected chi connectivity index (χ0v) is 12.3. The number of thiocarbonyl (C=S) groups is 1. The quantitative estimate of drug-likeness (QED) is 0.797. The first-order chi connectivity index (χ1) is 8.45. The summed E-state index contributed by atoms with van der Waals surface area (Å²) in [5, 5.41) is 0. The second kappa shape index (κ2) is 6.66. The lowest BCUT2D eigenvalue weighted by Crippen LogP contribution is -2.24. The summed E-state index contributed by atoms with van der Waals surface area (Å²) in [5.41, 5.74) is 8.69. The molecule has 100 valence electrons. The highest BCUT2D eigenvalue weighted by atomic mass is 32.1. The Kier molecular flexibility index (Phi) is 5.50. The molecule has 0 amide bonds. The van der Waals surface area contributed by atoms with Crippen molar-refractivity contribution < 1.29 is 4.74 Å². The number of hydrogen-bond acceptors (Lipinski definition) is 4. The van der Waals surface area contributed by atoms with Gasteiger partial charge >= 0.3 is 0 Å². The van der Waals surface area contributed by atoms with Crippen LogP contribution < -0.4 is 10.5 Å². The van der Waals surface area contributed by atoms with Crippen LogP contribution in [-0.2, 0) is 6.54 Å². The Labute approximate surface area is 114 Å². The van der Waals surface area contributed by atoms with Crippen LogP contribution >= 0.6 is 12.2 Å². The van der Waals surface area contributed by atoms with Gasteiger partial charge in [-0.3, -0.25) is 4.98 Å². The van der Waals surface area contributed by atoms with Crippen molar-refractivity contribution >= 4 is 17.2 Å². The van der Waals surface area contributed by atoms with Gasteiger partial charge in [0, 0.05) is 36.8 Å². The molecule has 0 fully saturated rings. The van der Waals surface area contributed by atoms with Crippen molar-refractivity contribution in [2.45, 2.75) is 26.8 Å². The summed E-state index contributed by atoms with van der Waals surface area (Å²) in [6, 6.07) is 0. The van der Waals surface area contributed by atoms with Crippen LogP contribution in [0.3, 0.4) is 0 Å². The monoisotopic (exact) mass is 267 g/mol. The molecule has 1 rings (SSSR count). The number of methoxy groups -OCH3 is 1. The lowest BCUT2D eigenvalue weighted by atomic mass is 10.1. The first kappa shape index (κ1) is 14.9. The molecule has 5 heteroatoms. The van der Waals surface area contributed by atoms with Gasteiger partial charge in [-0.25, -0.2) is 0 Å². The summed E-state index contributed by atoms with van der Waals surface area (Å²) >= 11 is 4.88.